The number of rotatable bonds is 3. The van der Waals surface area contributed by atoms with Crippen molar-refractivity contribution in [2.75, 3.05) is 16.8 Å². The van der Waals surface area contributed by atoms with Crippen LogP contribution in [0.25, 0.3) is 38.8 Å². The number of pyridine rings is 1. The van der Waals surface area contributed by atoms with Gasteiger partial charge in [0, 0.05) is 55.7 Å². The number of aromatic nitrogens is 2. The zero-order valence-electron chi connectivity index (χ0n) is 26.9. The van der Waals surface area contributed by atoms with E-state index < -0.39 is 8.07 Å². The van der Waals surface area contributed by atoms with Crippen molar-refractivity contribution in [1.82, 2.24) is 9.55 Å². The van der Waals surface area contributed by atoms with E-state index in [1.807, 2.05) is 30.5 Å². The fraction of sp³-hybridized carbons (Fsp3) is 0.0233. The van der Waals surface area contributed by atoms with E-state index in [1.54, 1.807) is 0 Å². The maximum absolute atomic E-state index is 6.67. The van der Waals surface area contributed by atoms with Gasteiger partial charge in [0.15, 0.2) is 0 Å². The van der Waals surface area contributed by atoms with Crippen LogP contribution in [-0.2, 0) is 21.1 Å². The molecule has 0 saturated carbocycles. The molecule has 0 radical (unpaired) electrons. The summed E-state index contributed by atoms with van der Waals surface area (Å²) in [5.41, 5.74) is 8.18. The molecule has 0 bridgehead atoms. The van der Waals surface area contributed by atoms with Crippen molar-refractivity contribution < 1.29 is 25.8 Å². The number of hydrogen-bond donors (Lipinski definition) is 0. The number of ether oxygens (including phenoxy) is 1. The molecule has 6 aromatic carbocycles. The van der Waals surface area contributed by atoms with Crippen LogP contribution in [0, 0.1) is 18.8 Å². The Labute approximate surface area is 305 Å². The zero-order chi connectivity index (χ0) is 32.3. The average molecular weight is 839 g/mol. The van der Waals surface area contributed by atoms with Crippen molar-refractivity contribution in [3.63, 3.8) is 0 Å². The van der Waals surface area contributed by atoms with Crippen LogP contribution in [0.2, 0.25) is 0 Å². The number of hydrogen-bond acceptors (Lipinski definition) is 4. The molecule has 0 N–H and O–H groups in total. The van der Waals surface area contributed by atoms with Crippen LogP contribution < -0.4 is 35.3 Å². The summed E-state index contributed by atoms with van der Waals surface area (Å²) >= 11 is 0. The van der Waals surface area contributed by atoms with Crippen LogP contribution in [0.5, 0.6) is 11.5 Å². The summed E-state index contributed by atoms with van der Waals surface area (Å²) < 4.78 is 8.83. The molecule has 0 unspecified atom stereocenters. The predicted octanol–water partition coefficient (Wildman–Crippen LogP) is 6.95. The van der Waals surface area contributed by atoms with E-state index in [2.05, 4.69) is 154 Å². The summed E-state index contributed by atoms with van der Waals surface area (Å²) in [6, 6.07) is 55.2. The molecular weight excluding hydrogens is 812 g/mol. The fourth-order valence-electron chi connectivity index (χ4n) is 8.59. The maximum Gasteiger partial charge on any atom is 0.135 e. The Hall–Kier alpha value is -5.42. The minimum atomic E-state index is -2.67. The van der Waals surface area contributed by atoms with E-state index in [0.29, 0.717) is 11.5 Å². The first kappa shape index (κ1) is 29.5. The Bertz CT molecular complexity index is 2630. The van der Waals surface area contributed by atoms with Gasteiger partial charge in [0.2, 0.25) is 0 Å². The molecule has 11 rings (SSSR count). The Morgan fingerprint density at radius 1 is 0.640 bits per heavy atom. The number of benzene rings is 6. The van der Waals surface area contributed by atoms with Gasteiger partial charge in [-0.05, 0) is 63.4 Å². The first-order valence-electron chi connectivity index (χ1n) is 16.5. The fourth-order valence-corrected chi connectivity index (χ4v) is 14.1. The second kappa shape index (κ2) is 10.8. The molecule has 242 valence electrons. The molecule has 1 spiro atoms. The molecule has 0 saturated heterocycles. The minimum absolute atomic E-state index is 0. The Morgan fingerprint density at radius 2 is 1.34 bits per heavy atom. The molecule has 0 aliphatic carbocycles. The molecule has 3 aliphatic heterocycles. The van der Waals surface area contributed by atoms with Crippen molar-refractivity contribution in [2.45, 2.75) is 0 Å². The summed E-state index contributed by atoms with van der Waals surface area (Å²) in [7, 11) is -0.545. The van der Waals surface area contributed by atoms with Crippen molar-refractivity contribution in [1.29, 1.82) is 0 Å². The number of fused-ring (bicyclic) bond motifs is 12. The summed E-state index contributed by atoms with van der Waals surface area (Å²) in [6.07, 6.45) is 1.83. The maximum atomic E-state index is 6.67. The van der Waals surface area contributed by atoms with Crippen LogP contribution in [-0.4, -0.2) is 24.7 Å². The van der Waals surface area contributed by atoms with E-state index in [-0.39, 0.29) is 21.1 Å². The van der Waals surface area contributed by atoms with E-state index in [0.717, 1.165) is 33.3 Å². The van der Waals surface area contributed by atoms with Gasteiger partial charge in [-0.1, -0.05) is 96.1 Å². The molecule has 3 aliphatic rings. The van der Waals surface area contributed by atoms with Crippen molar-refractivity contribution in [2.24, 2.45) is 0 Å². The topological polar surface area (TPSA) is 33.5 Å². The van der Waals surface area contributed by atoms with Gasteiger partial charge < -0.3 is 19.1 Å². The number of para-hydroxylation sites is 2. The smallest absolute Gasteiger partial charge is 0.135 e. The van der Waals surface area contributed by atoms with Gasteiger partial charge in [-0.15, -0.1) is 34.8 Å². The van der Waals surface area contributed by atoms with Gasteiger partial charge in [-0.2, -0.15) is 18.8 Å². The molecule has 0 atom stereocenters. The van der Waals surface area contributed by atoms with Gasteiger partial charge in [0.25, 0.3) is 0 Å². The van der Waals surface area contributed by atoms with Crippen molar-refractivity contribution in [3.8, 4) is 28.4 Å². The van der Waals surface area contributed by atoms with E-state index in [4.69, 9.17) is 4.74 Å². The summed E-state index contributed by atoms with van der Waals surface area (Å²) in [5, 5.41) is 7.86. The molecular formula is C43H27N4OPtSi-3. The normalized spacial score (nSPS) is 14.3. The Balaban J connectivity index is 0.00000316. The molecule has 2 aromatic heterocycles. The van der Waals surface area contributed by atoms with Crippen LogP contribution in [0.15, 0.2) is 140 Å². The van der Waals surface area contributed by atoms with Gasteiger partial charge in [-0.3, -0.25) is 0 Å². The third kappa shape index (κ3) is 3.78. The van der Waals surface area contributed by atoms with Crippen LogP contribution in [0.4, 0.5) is 17.1 Å². The first-order valence-corrected chi connectivity index (χ1v) is 18.5. The standard InChI is InChI=1S/C43H27N4OSi.Pt/c1-45-27-46-37-26-29(48-28-20-22-31-30-11-2-5-14-34(30)47(36(31)25-28)42-19-8-9-24-44-42)21-23-40(37)49(41-18-10-15-35(45)43(41)46)38-16-6-3-12-32(38)33-13-4-7-17-39(33)49;/h2-24,27H,1H3;/q-3;. The predicted molar refractivity (Wildman–Crippen MR) is 200 cm³/mol. The molecule has 50 heavy (non-hydrogen) atoms. The second-order valence-corrected chi connectivity index (χ2v) is 16.6. The monoisotopic (exact) mass is 838 g/mol. The Kier molecular flexibility index (Phi) is 6.36. The molecule has 8 aromatic rings. The van der Waals surface area contributed by atoms with E-state index in [9.17, 15) is 0 Å². The van der Waals surface area contributed by atoms with Gasteiger partial charge in [0.1, 0.15) is 13.9 Å². The van der Waals surface area contributed by atoms with Crippen LogP contribution in [0.1, 0.15) is 0 Å². The largest absolute Gasteiger partial charge is 0.509 e. The number of nitrogens with zero attached hydrogens (tertiary/aromatic N) is 4. The molecule has 7 heteroatoms. The van der Waals surface area contributed by atoms with Crippen molar-refractivity contribution in [3.05, 3.63) is 158 Å². The summed E-state index contributed by atoms with van der Waals surface area (Å²) in [6.45, 7) is 2.19. The average Bonchev–Trinajstić information content (AvgIpc) is 3.77. The molecule has 5 nitrogen and oxygen atoms in total. The minimum Gasteiger partial charge on any atom is -0.509 e. The first-order chi connectivity index (χ1) is 24.2. The van der Waals surface area contributed by atoms with Crippen LogP contribution >= 0.6 is 0 Å². The molecule has 0 amide bonds. The van der Waals surface area contributed by atoms with Crippen molar-refractivity contribution >= 4 is 67.7 Å². The third-order valence-corrected chi connectivity index (χ3v) is 15.4. The SMILES string of the molecule is CN1[CH-]N2c3[c-]c(Oc4[c-]c5c(cc4)c4ccccc4n5-c4ccccn4)ccc3[Si]3(c4ccccc4-c4ccccc43)c3cccc1c32.[Pt]. The van der Waals surface area contributed by atoms with E-state index in [1.165, 1.54) is 43.2 Å². The van der Waals surface area contributed by atoms with Gasteiger partial charge in [-0.25, -0.2) is 4.98 Å². The van der Waals surface area contributed by atoms with Crippen LogP contribution in [0.3, 0.4) is 0 Å². The quantitative estimate of drug-likeness (QED) is 0.143. The number of anilines is 3. The second-order valence-electron chi connectivity index (χ2n) is 12.9. The third-order valence-electron chi connectivity index (χ3n) is 10.5. The molecule has 0 fully saturated rings. The van der Waals surface area contributed by atoms with E-state index >= 15 is 0 Å². The van der Waals surface area contributed by atoms with Gasteiger partial charge >= 0.3 is 0 Å². The summed E-state index contributed by atoms with van der Waals surface area (Å²) in [4.78, 5) is 9.23. The molecule has 5 heterocycles. The summed E-state index contributed by atoms with van der Waals surface area (Å²) in [5.74, 6) is 2.13. The van der Waals surface area contributed by atoms with Gasteiger partial charge in [0.05, 0.1) is 0 Å². The zero-order valence-corrected chi connectivity index (χ0v) is 30.1. The Morgan fingerprint density at radius 3 is 2.14 bits per heavy atom.